The molecular formula is C18H22N2O4. The van der Waals surface area contributed by atoms with Crippen molar-refractivity contribution >= 4 is 11.8 Å². The SMILES string of the molecule is Cc1cc(C[C@@H](O)C(=O)N=C=C=CN2CC[C@@H](O)C2)cc(C)c1O. The second kappa shape index (κ2) is 7.95. The van der Waals surface area contributed by atoms with Crippen molar-refractivity contribution in [3.8, 4) is 5.75 Å². The Morgan fingerprint density at radius 2 is 2.12 bits per heavy atom. The Bertz CT molecular complexity index is 693. The summed E-state index contributed by atoms with van der Waals surface area (Å²) in [4.78, 5) is 17.2. The maximum atomic E-state index is 11.8. The van der Waals surface area contributed by atoms with Crippen LogP contribution in [-0.2, 0) is 11.2 Å². The van der Waals surface area contributed by atoms with E-state index in [1.54, 1.807) is 32.2 Å². The van der Waals surface area contributed by atoms with E-state index in [2.05, 4.69) is 16.6 Å². The molecular weight excluding hydrogens is 308 g/mol. The molecule has 1 heterocycles. The Kier molecular flexibility index (Phi) is 5.96. The standard InChI is InChI=1S/C18H22N2O4/c1-12-8-14(9-13(2)17(12)23)10-16(22)18(24)19-5-3-6-20-7-4-15(21)11-20/h6,8-9,15-16,21-23H,4,7,10-11H2,1-2H3/t15-,16-/m1/s1. The number of aliphatic imine (C=N–C) groups is 1. The molecule has 2 rings (SSSR count). The number of carbonyl (C=O) groups excluding carboxylic acids is 1. The highest BCUT2D eigenvalue weighted by Gasteiger charge is 2.17. The topological polar surface area (TPSA) is 93.4 Å². The summed E-state index contributed by atoms with van der Waals surface area (Å²) in [6, 6.07) is 3.47. The van der Waals surface area contributed by atoms with Gasteiger partial charge in [0.1, 0.15) is 11.9 Å². The molecule has 6 nitrogen and oxygen atoms in total. The molecule has 0 aliphatic carbocycles. The van der Waals surface area contributed by atoms with Gasteiger partial charge in [-0.2, -0.15) is 4.99 Å². The number of phenols is 1. The second-order valence-corrected chi connectivity index (χ2v) is 6.07. The first-order chi connectivity index (χ1) is 11.4. The zero-order chi connectivity index (χ0) is 17.7. The third kappa shape index (κ3) is 4.82. The van der Waals surface area contributed by atoms with E-state index in [9.17, 15) is 20.1 Å². The molecule has 3 N–H and O–H groups in total. The van der Waals surface area contributed by atoms with Crippen molar-refractivity contribution in [1.82, 2.24) is 4.90 Å². The van der Waals surface area contributed by atoms with E-state index >= 15 is 0 Å². The van der Waals surface area contributed by atoms with E-state index < -0.39 is 12.0 Å². The number of β-amino-alcohol motifs (C(OH)–C–C–N with tert-alkyl or cyclic N) is 1. The first kappa shape index (κ1) is 18.0. The highest BCUT2D eigenvalue weighted by Crippen LogP contribution is 2.23. The number of likely N-dealkylation sites (tertiary alicyclic amines) is 1. The van der Waals surface area contributed by atoms with Crippen LogP contribution in [0.15, 0.2) is 29.1 Å². The smallest absolute Gasteiger partial charge is 0.283 e. The van der Waals surface area contributed by atoms with Crippen molar-refractivity contribution < 1.29 is 20.1 Å². The van der Waals surface area contributed by atoms with Crippen LogP contribution in [0.4, 0.5) is 0 Å². The summed E-state index contributed by atoms with van der Waals surface area (Å²) in [6.45, 7) is 4.79. The molecule has 0 aromatic heterocycles. The Labute approximate surface area is 141 Å². The summed E-state index contributed by atoms with van der Waals surface area (Å²) in [7, 11) is 0. The van der Waals surface area contributed by atoms with Crippen molar-refractivity contribution in [1.29, 1.82) is 0 Å². The molecule has 0 saturated carbocycles. The molecule has 2 atom stereocenters. The zero-order valence-corrected chi connectivity index (χ0v) is 13.9. The van der Waals surface area contributed by atoms with Crippen LogP contribution in [0.1, 0.15) is 23.1 Å². The highest BCUT2D eigenvalue weighted by atomic mass is 16.3. The summed E-state index contributed by atoms with van der Waals surface area (Å²) in [5, 5.41) is 29.1. The molecule has 0 bridgehead atoms. The maximum Gasteiger partial charge on any atom is 0.283 e. The lowest BCUT2D eigenvalue weighted by Crippen LogP contribution is -2.21. The van der Waals surface area contributed by atoms with Crippen LogP contribution in [0.5, 0.6) is 5.75 Å². The number of phenolic OH excluding ortho intramolecular Hbond substituents is 1. The van der Waals surface area contributed by atoms with Crippen LogP contribution in [-0.4, -0.2) is 57.3 Å². The predicted molar refractivity (Wildman–Crippen MR) is 90.0 cm³/mol. The molecule has 0 spiro atoms. The Balaban J connectivity index is 1.97. The summed E-state index contributed by atoms with van der Waals surface area (Å²) >= 11 is 0. The van der Waals surface area contributed by atoms with Crippen molar-refractivity contribution in [2.45, 2.75) is 38.9 Å². The van der Waals surface area contributed by atoms with Gasteiger partial charge in [-0.3, -0.25) is 4.79 Å². The van der Waals surface area contributed by atoms with Gasteiger partial charge >= 0.3 is 0 Å². The van der Waals surface area contributed by atoms with Crippen molar-refractivity contribution in [3.05, 3.63) is 40.8 Å². The van der Waals surface area contributed by atoms with E-state index in [-0.39, 0.29) is 18.3 Å². The highest BCUT2D eigenvalue weighted by molar-refractivity contribution is 5.87. The van der Waals surface area contributed by atoms with Crippen molar-refractivity contribution in [3.63, 3.8) is 0 Å². The minimum atomic E-state index is -1.27. The minimum absolute atomic E-state index is 0.119. The second-order valence-electron chi connectivity index (χ2n) is 6.07. The molecule has 0 radical (unpaired) electrons. The van der Waals surface area contributed by atoms with Gasteiger partial charge in [-0.15, -0.1) is 0 Å². The van der Waals surface area contributed by atoms with Crippen LogP contribution >= 0.6 is 0 Å². The quantitative estimate of drug-likeness (QED) is 0.562. The van der Waals surface area contributed by atoms with Crippen LogP contribution < -0.4 is 0 Å². The van der Waals surface area contributed by atoms with Crippen LogP contribution in [0, 0.1) is 13.8 Å². The third-order valence-electron chi connectivity index (χ3n) is 3.94. The number of benzene rings is 1. The van der Waals surface area contributed by atoms with Gasteiger partial charge < -0.3 is 20.2 Å². The van der Waals surface area contributed by atoms with Crippen LogP contribution in [0.3, 0.4) is 0 Å². The number of aliphatic hydroxyl groups excluding tert-OH is 2. The molecule has 0 unspecified atom stereocenters. The zero-order valence-electron chi connectivity index (χ0n) is 13.9. The van der Waals surface area contributed by atoms with E-state index in [0.29, 0.717) is 24.1 Å². The number of rotatable bonds is 4. The van der Waals surface area contributed by atoms with Gasteiger partial charge in [-0.05, 0) is 42.7 Å². The fraction of sp³-hybridized carbons (Fsp3) is 0.444. The lowest BCUT2D eigenvalue weighted by atomic mass is 10.0. The lowest BCUT2D eigenvalue weighted by molar-refractivity contribution is -0.125. The van der Waals surface area contributed by atoms with Gasteiger partial charge in [-0.25, -0.2) is 0 Å². The monoisotopic (exact) mass is 330 g/mol. The number of hydrogen-bond acceptors (Lipinski definition) is 5. The summed E-state index contributed by atoms with van der Waals surface area (Å²) in [5.41, 5.74) is 4.78. The fourth-order valence-corrected chi connectivity index (χ4v) is 2.64. The first-order valence-corrected chi connectivity index (χ1v) is 7.84. The molecule has 24 heavy (non-hydrogen) atoms. The summed E-state index contributed by atoms with van der Waals surface area (Å²) in [6.07, 6.45) is 0.815. The molecule has 1 fully saturated rings. The van der Waals surface area contributed by atoms with Gasteiger partial charge in [0.2, 0.25) is 0 Å². The van der Waals surface area contributed by atoms with Gasteiger partial charge in [-0.1, -0.05) is 12.1 Å². The largest absolute Gasteiger partial charge is 0.507 e. The van der Waals surface area contributed by atoms with E-state index in [0.717, 1.165) is 12.1 Å². The number of aromatic hydroxyl groups is 1. The number of hydrogen-bond donors (Lipinski definition) is 3. The summed E-state index contributed by atoms with van der Waals surface area (Å²) in [5.74, 6) is 1.90. The van der Waals surface area contributed by atoms with Gasteiger partial charge in [0.25, 0.3) is 5.91 Å². The average Bonchev–Trinajstić information content (AvgIpc) is 2.94. The average molecular weight is 330 g/mol. The van der Waals surface area contributed by atoms with Crippen molar-refractivity contribution in [2.24, 2.45) is 4.99 Å². The minimum Gasteiger partial charge on any atom is -0.507 e. The van der Waals surface area contributed by atoms with E-state index in [1.165, 1.54) is 0 Å². The molecule has 6 heteroatoms. The maximum absolute atomic E-state index is 11.8. The first-order valence-electron chi connectivity index (χ1n) is 7.84. The normalized spacial score (nSPS) is 17.8. The molecule has 1 aliphatic heterocycles. The number of nitrogens with zero attached hydrogens (tertiary/aromatic N) is 2. The molecule has 1 aromatic rings. The van der Waals surface area contributed by atoms with Crippen molar-refractivity contribution in [2.75, 3.05) is 13.1 Å². The van der Waals surface area contributed by atoms with Gasteiger partial charge in [0.15, 0.2) is 0 Å². The van der Waals surface area contributed by atoms with Crippen LogP contribution in [0.25, 0.3) is 0 Å². The Hall–Kier alpha value is -2.36. The number of carbonyl (C=O) groups is 1. The third-order valence-corrected chi connectivity index (χ3v) is 3.94. The number of amides is 1. The van der Waals surface area contributed by atoms with Gasteiger partial charge in [0.05, 0.1) is 12.3 Å². The summed E-state index contributed by atoms with van der Waals surface area (Å²) < 4.78 is 0. The number of aryl methyl sites for hydroxylation is 2. The predicted octanol–water partition coefficient (Wildman–Crippen LogP) is 0.844. The fourth-order valence-electron chi connectivity index (χ4n) is 2.64. The van der Waals surface area contributed by atoms with Crippen LogP contribution in [0.2, 0.25) is 0 Å². The number of aliphatic hydroxyl groups is 2. The molecule has 1 aliphatic rings. The molecule has 128 valence electrons. The molecule has 1 saturated heterocycles. The van der Waals surface area contributed by atoms with Gasteiger partial charge in [0, 0.05) is 25.4 Å². The Morgan fingerprint density at radius 3 is 2.71 bits per heavy atom. The Morgan fingerprint density at radius 1 is 1.46 bits per heavy atom. The van der Waals surface area contributed by atoms with E-state index in [1.807, 2.05) is 4.90 Å². The van der Waals surface area contributed by atoms with E-state index in [4.69, 9.17) is 0 Å². The molecule has 1 amide bonds. The molecule has 1 aromatic carbocycles. The lowest BCUT2D eigenvalue weighted by Gasteiger charge is -2.10.